The highest BCUT2D eigenvalue weighted by molar-refractivity contribution is 5.67. The molecule has 0 saturated carbocycles. The molecule has 0 unspecified atom stereocenters. The summed E-state index contributed by atoms with van der Waals surface area (Å²) in [5.41, 5.74) is 1.32. The minimum Gasteiger partial charge on any atom is -0.444 e. The van der Waals surface area contributed by atoms with E-state index in [1.165, 1.54) is 0 Å². The summed E-state index contributed by atoms with van der Waals surface area (Å²) in [7, 11) is 0. The van der Waals surface area contributed by atoms with Gasteiger partial charge in [-0.2, -0.15) is 0 Å². The third-order valence-electron chi connectivity index (χ3n) is 2.69. The van der Waals surface area contributed by atoms with Crippen LogP contribution < -0.4 is 10.6 Å². The maximum Gasteiger partial charge on any atom is 0.407 e. The van der Waals surface area contributed by atoms with Crippen molar-refractivity contribution in [1.82, 2.24) is 10.6 Å². The van der Waals surface area contributed by atoms with Crippen LogP contribution in [0.15, 0.2) is 24.3 Å². The minimum atomic E-state index is -3.04. The standard InChI is InChI=1S/C16H24F2N2O2/c1-12-6-5-7-13(8-12)9-19-10-16(17,18)11-20-14(21)22-15(2,3)4/h5-8,19H,9-11H2,1-4H3,(H,20,21). The summed E-state index contributed by atoms with van der Waals surface area (Å²) < 4.78 is 32.2. The van der Waals surface area contributed by atoms with Gasteiger partial charge in [-0.25, -0.2) is 13.6 Å². The van der Waals surface area contributed by atoms with Crippen LogP contribution in [0, 0.1) is 6.92 Å². The normalized spacial score (nSPS) is 12.1. The Morgan fingerprint density at radius 1 is 1.23 bits per heavy atom. The van der Waals surface area contributed by atoms with Crippen LogP contribution in [0.1, 0.15) is 31.9 Å². The lowest BCUT2D eigenvalue weighted by Crippen LogP contribution is -2.44. The highest BCUT2D eigenvalue weighted by atomic mass is 19.3. The first-order valence-corrected chi connectivity index (χ1v) is 7.18. The smallest absolute Gasteiger partial charge is 0.407 e. The number of nitrogens with one attached hydrogen (secondary N) is 2. The van der Waals surface area contributed by atoms with Crippen LogP contribution in [-0.2, 0) is 11.3 Å². The molecule has 0 atom stereocenters. The zero-order valence-electron chi connectivity index (χ0n) is 13.5. The van der Waals surface area contributed by atoms with Crippen LogP contribution in [0.25, 0.3) is 0 Å². The molecule has 0 aliphatic heterocycles. The number of ether oxygens (including phenoxy) is 1. The molecule has 0 fully saturated rings. The van der Waals surface area contributed by atoms with Crippen molar-refractivity contribution in [2.24, 2.45) is 0 Å². The van der Waals surface area contributed by atoms with Crippen LogP contribution >= 0.6 is 0 Å². The Labute approximate surface area is 130 Å². The van der Waals surface area contributed by atoms with E-state index in [4.69, 9.17) is 4.74 Å². The van der Waals surface area contributed by atoms with Gasteiger partial charge in [0.05, 0.1) is 13.1 Å². The molecule has 0 radical (unpaired) electrons. The molecule has 4 nitrogen and oxygen atoms in total. The van der Waals surface area contributed by atoms with Gasteiger partial charge in [0.2, 0.25) is 0 Å². The van der Waals surface area contributed by atoms with E-state index in [2.05, 4.69) is 10.6 Å². The number of carbonyl (C=O) groups is 1. The molecule has 1 aromatic rings. The minimum absolute atomic E-state index is 0.351. The van der Waals surface area contributed by atoms with E-state index in [0.717, 1.165) is 11.1 Å². The number of hydrogen-bond acceptors (Lipinski definition) is 3. The molecule has 1 amide bonds. The summed E-state index contributed by atoms with van der Waals surface area (Å²) in [6.45, 7) is 6.04. The highest BCUT2D eigenvalue weighted by Crippen LogP contribution is 2.12. The molecule has 0 aromatic heterocycles. The maximum atomic E-state index is 13.7. The average molecular weight is 314 g/mol. The van der Waals surface area contributed by atoms with Gasteiger partial charge in [0, 0.05) is 6.54 Å². The first-order chi connectivity index (χ1) is 10.1. The molecule has 2 N–H and O–H groups in total. The quantitative estimate of drug-likeness (QED) is 0.847. The Morgan fingerprint density at radius 2 is 1.91 bits per heavy atom. The van der Waals surface area contributed by atoms with Crippen molar-refractivity contribution >= 4 is 6.09 Å². The molecule has 22 heavy (non-hydrogen) atoms. The monoisotopic (exact) mass is 314 g/mol. The third kappa shape index (κ3) is 7.93. The first kappa shape index (κ1) is 18.4. The average Bonchev–Trinajstić information content (AvgIpc) is 2.34. The molecular formula is C16H24F2N2O2. The second-order valence-electron chi connectivity index (χ2n) is 6.30. The van der Waals surface area contributed by atoms with Gasteiger partial charge in [-0.1, -0.05) is 29.8 Å². The number of aryl methyl sites for hydroxylation is 1. The topological polar surface area (TPSA) is 50.4 Å². The van der Waals surface area contributed by atoms with Crippen molar-refractivity contribution in [3.05, 3.63) is 35.4 Å². The molecule has 124 valence electrons. The third-order valence-corrected chi connectivity index (χ3v) is 2.69. The van der Waals surface area contributed by atoms with Crippen LogP contribution in [-0.4, -0.2) is 30.7 Å². The zero-order valence-corrected chi connectivity index (χ0v) is 13.5. The number of carbonyl (C=O) groups excluding carboxylic acids is 1. The van der Waals surface area contributed by atoms with Crippen molar-refractivity contribution in [3.8, 4) is 0 Å². The number of alkyl carbamates (subject to hydrolysis) is 1. The molecule has 0 bridgehead atoms. The second kappa shape index (κ2) is 7.54. The van der Waals surface area contributed by atoms with Crippen molar-refractivity contribution in [3.63, 3.8) is 0 Å². The van der Waals surface area contributed by atoms with Gasteiger partial charge in [0.1, 0.15) is 5.60 Å². The van der Waals surface area contributed by atoms with E-state index < -0.39 is 30.7 Å². The Hall–Kier alpha value is -1.69. The lowest BCUT2D eigenvalue weighted by atomic mass is 10.1. The van der Waals surface area contributed by atoms with Gasteiger partial charge in [-0.05, 0) is 33.3 Å². The number of halogens is 2. The Kier molecular flexibility index (Phi) is 6.29. The molecular weight excluding hydrogens is 290 g/mol. The molecule has 6 heteroatoms. The van der Waals surface area contributed by atoms with Gasteiger partial charge in [0.15, 0.2) is 0 Å². The molecule has 0 aliphatic carbocycles. The molecule has 0 spiro atoms. The number of benzene rings is 1. The van der Waals surface area contributed by atoms with E-state index in [-0.39, 0.29) is 0 Å². The summed E-state index contributed by atoms with van der Waals surface area (Å²) in [5.74, 6) is -3.04. The van der Waals surface area contributed by atoms with Crippen molar-refractivity contribution < 1.29 is 18.3 Å². The SMILES string of the molecule is Cc1cccc(CNCC(F)(F)CNC(=O)OC(C)(C)C)c1. The van der Waals surface area contributed by atoms with E-state index in [1.54, 1.807) is 20.8 Å². The predicted octanol–water partition coefficient (Wildman–Crippen LogP) is 3.24. The van der Waals surface area contributed by atoms with E-state index in [1.807, 2.05) is 31.2 Å². The van der Waals surface area contributed by atoms with Gasteiger partial charge >= 0.3 is 6.09 Å². The fraction of sp³-hybridized carbons (Fsp3) is 0.562. The summed E-state index contributed by atoms with van der Waals surface area (Å²) in [5, 5.41) is 4.79. The summed E-state index contributed by atoms with van der Waals surface area (Å²) in [6.07, 6.45) is -0.842. The van der Waals surface area contributed by atoms with Gasteiger partial charge in [0.25, 0.3) is 5.92 Å². The number of rotatable bonds is 6. The van der Waals surface area contributed by atoms with Crippen LogP contribution in [0.4, 0.5) is 13.6 Å². The van der Waals surface area contributed by atoms with Crippen LogP contribution in [0.3, 0.4) is 0 Å². The lowest BCUT2D eigenvalue weighted by Gasteiger charge is -2.22. The summed E-state index contributed by atoms with van der Waals surface area (Å²) in [6, 6.07) is 7.64. The summed E-state index contributed by atoms with van der Waals surface area (Å²) >= 11 is 0. The van der Waals surface area contributed by atoms with Crippen molar-refractivity contribution in [1.29, 1.82) is 0 Å². The van der Waals surface area contributed by atoms with Gasteiger partial charge < -0.3 is 15.4 Å². The Bertz CT molecular complexity index is 499. The second-order valence-corrected chi connectivity index (χ2v) is 6.30. The molecule has 0 saturated heterocycles. The summed E-state index contributed by atoms with van der Waals surface area (Å²) in [4.78, 5) is 11.4. The van der Waals surface area contributed by atoms with E-state index >= 15 is 0 Å². The molecule has 1 rings (SSSR count). The number of alkyl halides is 2. The Balaban J connectivity index is 2.33. The molecule has 0 aliphatic rings. The number of amides is 1. The van der Waals surface area contributed by atoms with Gasteiger partial charge in [-0.3, -0.25) is 0 Å². The maximum absolute atomic E-state index is 13.7. The highest BCUT2D eigenvalue weighted by Gasteiger charge is 2.30. The largest absolute Gasteiger partial charge is 0.444 e. The first-order valence-electron chi connectivity index (χ1n) is 7.18. The fourth-order valence-electron chi connectivity index (χ4n) is 1.79. The van der Waals surface area contributed by atoms with Crippen LogP contribution in [0.2, 0.25) is 0 Å². The zero-order chi connectivity index (χ0) is 16.8. The van der Waals surface area contributed by atoms with E-state index in [9.17, 15) is 13.6 Å². The Morgan fingerprint density at radius 3 is 2.50 bits per heavy atom. The molecule has 0 heterocycles. The molecule has 1 aromatic carbocycles. The number of hydrogen-bond donors (Lipinski definition) is 2. The van der Waals surface area contributed by atoms with E-state index in [0.29, 0.717) is 6.54 Å². The van der Waals surface area contributed by atoms with Gasteiger partial charge in [-0.15, -0.1) is 0 Å². The predicted molar refractivity (Wildman–Crippen MR) is 82.1 cm³/mol. The lowest BCUT2D eigenvalue weighted by molar-refractivity contribution is -0.00376. The van der Waals surface area contributed by atoms with Crippen molar-refractivity contribution in [2.45, 2.75) is 45.8 Å². The fourth-order valence-corrected chi connectivity index (χ4v) is 1.79. The van der Waals surface area contributed by atoms with Crippen molar-refractivity contribution in [2.75, 3.05) is 13.1 Å². The van der Waals surface area contributed by atoms with Crippen LogP contribution in [0.5, 0.6) is 0 Å².